The largest absolute Gasteiger partial charge is 0.481 e. The average molecular weight is 192 g/mol. The lowest BCUT2D eigenvalue weighted by molar-refractivity contribution is 0.396. The van der Waals surface area contributed by atoms with Crippen LogP contribution in [0.3, 0.4) is 0 Å². The summed E-state index contributed by atoms with van der Waals surface area (Å²) >= 11 is 0. The van der Waals surface area contributed by atoms with Crippen molar-refractivity contribution >= 4 is 0 Å². The highest BCUT2D eigenvalue weighted by Crippen LogP contribution is 2.40. The molecule has 1 saturated carbocycles. The number of ether oxygens (including phenoxy) is 1. The van der Waals surface area contributed by atoms with Crippen molar-refractivity contribution in [1.29, 1.82) is 0 Å². The van der Waals surface area contributed by atoms with Gasteiger partial charge in [-0.1, -0.05) is 0 Å². The van der Waals surface area contributed by atoms with E-state index in [0.717, 1.165) is 5.56 Å². The summed E-state index contributed by atoms with van der Waals surface area (Å²) < 4.78 is 5.05. The fraction of sp³-hybridized carbons (Fsp3) is 0.545. The van der Waals surface area contributed by atoms with Gasteiger partial charge in [0.05, 0.1) is 7.11 Å². The SMILES string of the molecule is COc1cc(C)c(C(N)C2CC2)cn1. The molecular formula is C11H16N2O. The van der Waals surface area contributed by atoms with Gasteiger partial charge in [-0.05, 0) is 36.8 Å². The van der Waals surface area contributed by atoms with E-state index in [1.807, 2.05) is 12.3 Å². The van der Waals surface area contributed by atoms with Crippen molar-refractivity contribution in [3.05, 3.63) is 23.4 Å². The van der Waals surface area contributed by atoms with E-state index in [2.05, 4.69) is 11.9 Å². The lowest BCUT2D eigenvalue weighted by Crippen LogP contribution is -2.14. The molecule has 3 nitrogen and oxygen atoms in total. The van der Waals surface area contributed by atoms with Crippen LogP contribution < -0.4 is 10.5 Å². The van der Waals surface area contributed by atoms with E-state index in [1.165, 1.54) is 18.4 Å². The molecule has 3 heteroatoms. The minimum Gasteiger partial charge on any atom is -0.481 e. The van der Waals surface area contributed by atoms with Crippen molar-refractivity contribution in [3.63, 3.8) is 0 Å². The third-order valence-corrected chi connectivity index (χ3v) is 2.82. The molecule has 14 heavy (non-hydrogen) atoms. The van der Waals surface area contributed by atoms with E-state index >= 15 is 0 Å². The van der Waals surface area contributed by atoms with E-state index in [-0.39, 0.29) is 6.04 Å². The lowest BCUT2D eigenvalue weighted by atomic mass is 10.0. The van der Waals surface area contributed by atoms with Gasteiger partial charge in [-0.25, -0.2) is 4.98 Å². The summed E-state index contributed by atoms with van der Waals surface area (Å²) in [6.07, 6.45) is 4.36. The minimum atomic E-state index is 0.161. The maximum Gasteiger partial charge on any atom is 0.213 e. The van der Waals surface area contributed by atoms with Gasteiger partial charge in [0.2, 0.25) is 5.88 Å². The normalized spacial score (nSPS) is 17.9. The summed E-state index contributed by atoms with van der Waals surface area (Å²) in [7, 11) is 1.63. The van der Waals surface area contributed by atoms with Gasteiger partial charge >= 0.3 is 0 Å². The summed E-state index contributed by atoms with van der Waals surface area (Å²) in [5.74, 6) is 1.33. The highest BCUT2D eigenvalue weighted by atomic mass is 16.5. The lowest BCUT2D eigenvalue weighted by Gasteiger charge is -2.13. The van der Waals surface area contributed by atoms with E-state index in [1.54, 1.807) is 7.11 Å². The van der Waals surface area contributed by atoms with Gasteiger partial charge in [0.1, 0.15) is 0 Å². The molecule has 1 unspecified atom stereocenters. The van der Waals surface area contributed by atoms with Gasteiger partial charge in [0, 0.05) is 18.3 Å². The molecule has 76 valence electrons. The quantitative estimate of drug-likeness (QED) is 0.794. The van der Waals surface area contributed by atoms with Crippen molar-refractivity contribution in [2.75, 3.05) is 7.11 Å². The Morgan fingerprint density at radius 3 is 2.79 bits per heavy atom. The van der Waals surface area contributed by atoms with Crippen molar-refractivity contribution < 1.29 is 4.74 Å². The van der Waals surface area contributed by atoms with Crippen molar-refractivity contribution in [3.8, 4) is 5.88 Å². The summed E-state index contributed by atoms with van der Waals surface area (Å²) in [5, 5.41) is 0. The third kappa shape index (κ3) is 1.73. The van der Waals surface area contributed by atoms with Crippen molar-refractivity contribution in [2.45, 2.75) is 25.8 Å². The molecule has 0 amide bonds. The molecule has 1 fully saturated rings. The maximum absolute atomic E-state index is 6.11. The predicted molar refractivity (Wildman–Crippen MR) is 55.2 cm³/mol. The molecule has 0 bridgehead atoms. The number of hydrogen-bond acceptors (Lipinski definition) is 3. The number of methoxy groups -OCH3 is 1. The Morgan fingerprint density at radius 1 is 1.57 bits per heavy atom. The zero-order valence-corrected chi connectivity index (χ0v) is 8.66. The minimum absolute atomic E-state index is 0.161. The second-order valence-electron chi connectivity index (χ2n) is 3.95. The fourth-order valence-electron chi connectivity index (χ4n) is 1.71. The number of pyridine rings is 1. The number of aromatic nitrogens is 1. The molecule has 0 radical (unpaired) electrons. The zero-order valence-electron chi connectivity index (χ0n) is 8.66. The van der Waals surface area contributed by atoms with Gasteiger partial charge in [0.25, 0.3) is 0 Å². The molecule has 2 N–H and O–H groups in total. The van der Waals surface area contributed by atoms with Crippen LogP contribution in [0.2, 0.25) is 0 Å². The van der Waals surface area contributed by atoms with Gasteiger partial charge in [-0.3, -0.25) is 0 Å². The van der Waals surface area contributed by atoms with E-state index in [9.17, 15) is 0 Å². The summed E-state index contributed by atoms with van der Waals surface area (Å²) in [4.78, 5) is 4.19. The Bertz CT molecular complexity index is 334. The van der Waals surface area contributed by atoms with Crippen LogP contribution in [-0.4, -0.2) is 12.1 Å². The molecule has 1 heterocycles. The second-order valence-corrected chi connectivity index (χ2v) is 3.95. The van der Waals surface area contributed by atoms with Gasteiger partial charge in [-0.2, -0.15) is 0 Å². The van der Waals surface area contributed by atoms with Crippen LogP contribution in [0.4, 0.5) is 0 Å². The Balaban J connectivity index is 2.24. The topological polar surface area (TPSA) is 48.1 Å². The van der Waals surface area contributed by atoms with Crippen LogP contribution in [0.5, 0.6) is 5.88 Å². The Kier molecular flexibility index (Phi) is 2.42. The maximum atomic E-state index is 6.11. The smallest absolute Gasteiger partial charge is 0.213 e. The average Bonchev–Trinajstić information content (AvgIpc) is 3.00. The Morgan fingerprint density at radius 2 is 2.29 bits per heavy atom. The molecule has 1 aliphatic rings. The van der Waals surface area contributed by atoms with Gasteiger partial charge in [0.15, 0.2) is 0 Å². The van der Waals surface area contributed by atoms with Crippen LogP contribution in [0.25, 0.3) is 0 Å². The van der Waals surface area contributed by atoms with Crippen LogP contribution >= 0.6 is 0 Å². The first kappa shape index (κ1) is 9.46. The van der Waals surface area contributed by atoms with Crippen LogP contribution in [0.15, 0.2) is 12.3 Å². The van der Waals surface area contributed by atoms with Crippen LogP contribution in [-0.2, 0) is 0 Å². The molecule has 1 atom stereocenters. The molecule has 1 aliphatic carbocycles. The number of hydrogen-bond donors (Lipinski definition) is 1. The Hall–Kier alpha value is -1.09. The Labute approximate surface area is 84.3 Å². The standard InChI is InChI=1S/C11H16N2O/c1-7-5-10(14-2)13-6-9(7)11(12)8-3-4-8/h5-6,8,11H,3-4,12H2,1-2H3. The first-order valence-electron chi connectivity index (χ1n) is 4.98. The molecule has 0 aliphatic heterocycles. The molecule has 2 rings (SSSR count). The van der Waals surface area contributed by atoms with Gasteiger partial charge in [-0.15, -0.1) is 0 Å². The summed E-state index contributed by atoms with van der Waals surface area (Å²) in [5.41, 5.74) is 8.45. The highest BCUT2D eigenvalue weighted by Gasteiger charge is 2.30. The second kappa shape index (κ2) is 3.58. The summed E-state index contributed by atoms with van der Waals surface area (Å²) in [6.45, 7) is 2.06. The van der Waals surface area contributed by atoms with Crippen LogP contribution in [0.1, 0.15) is 30.0 Å². The summed E-state index contributed by atoms with van der Waals surface area (Å²) in [6, 6.07) is 2.10. The number of nitrogens with zero attached hydrogens (tertiary/aromatic N) is 1. The molecular weight excluding hydrogens is 176 g/mol. The molecule has 0 spiro atoms. The first-order valence-corrected chi connectivity index (χ1v) is 4.98. The van der Waals surface area contributed by atoms with Crippen molar-refractivity contribution in [1.82, 2.24) is 4.98 Å². The van der Waals surface area contributed by atoms with Gasteiger partial charge < -0.3 is 10.5 Å². The highest BCUT2D eigenvalue weighted by molar-refractivity contribution is 5.31. The van der Waals surface area contributed by atoms with E-state index < -0.39 is 0 Å². The molecule has 1 aromatic rings. The predicted octanol–water partition coefficient (Wildman–Crippen LogP) is 1.81. The van der Waals surface area contributed by atoms with E-state index in [4.69, 9.17) is 10.5 Å². The zero-order chi connectivity index (χ0) is 10.1. The molecule has 0 aromatic carbocycles. The monoisotopic (exact) mass is 192 g/mol. The van der Waals surface area contributed by atoms with E-state index in [0.29, 0.717) is 11.8 Å². The number of nitrogens with two attached hydrogens (primary N) is 1. The number of rotatable bonds is 3. The van der Waals surface area contributed by atoms with Crippen LogP contribution in [0, 0.1) is 12.8 Å². The first-order chi connectivity index (χ1) is 6.72. The molecule has 1 aromatic heterocycles. The fourth-order valence-corrected chi connectivity index (χ4v) is 1.71. The third-order valence-electron chi connectivity index (χ3n) is 2.82. The molecule has 0 saturated heterocycles. The number of aryl methyl sites for hydroxylation is 1. The van der Waals surface area contributed by atoms with Crippen molar-refractivity contribution in [2.24, 2.45) is 11.7 Å².